The number of nitrogens with zero attached hydrogens (tertiary/aromatic N) is 1. The Hall–Kier alpha value is -4.40. The number of nitro benzene ring substituents is 1. The summed E-state index contributed by atoms with van der Waals surface area (Å²) in [6, 6.07) is 17.4. The fourth-order valence-electron chi connectivity index (χ4n) is 3.34. The summed E-state index contributed by atoms with van der Waals surface area (Å²) in [5.74, 6) is -0.554. The number of benzene rings is 3. The van der Waals surface area contributed by atoms with E-state index in [-0.39, 0.29) is 16.9 Å². The van der Waals surface area contributed by atoms with E-state index in [2.05, 4.69) is 5.32 Å². The fraction of sp³-hybridized carbons (Fsp3) is 0.167. The molecule has 1 aliphatic heterocycles. The third-order valence-corrected chi connectivity index (χ3v) is 4.95. The zero-order valence-electron chi connectivity index (χ0n) is 17.6. The first-order valence-corrected chi connectivity index (χ1v) is 10.1. The first-order chi connectivity index (χ1) is 15.9. The van der Waals surface area contributed by atoms with Crippen molar-refractivity contribution in [2.75, 3.05) is 18.5 Å². The SMILES string of the molecule is Cc1ccc(NC(=O)[C@H](OC(=O)c2ccc3c(c2)OCCO3)c2ccccc2)c([N+](=O)[O-])c1. The van der Waals surface area contributed by atoms with Crippen molar-refractivity contribution < 1.29 is 28.7 Å². The Bertz CT molecular complexity index is 1210. The van der Waals surface area contributed by atoms with Gasteiger partial charge in [0.25, 0.3) is 11.6 Å². The van der Waals surface area contributed by atoms with Crippen LogP contribution in [-0.4, -0.2) is 30.0 Å². The van der Waals surface area contributed by atoms with E-state index in [9.17, 15) is 19.7 Å². The summed E-state index contributed by atoms with van der Waals surface area (Å²) in [4.78, 5) is 36.8. The summed E-state index contributed by atoms with van der Waals surface area (Å²) >= 11 is 0. The van der Waals surface area contributed by atoms with Gasteiger partial charge in [0.05, 0.1) is 10.5 Å². The molecule has 33 heavy (non-hydrogen) atoms. The number of rotatable bonds is 6. The van der Waals surface area contributed by atoms with Gasteiger partial charge in [-0.1, -0.05) is 36.4 Å². The van der Waals surface area contributed by atoms with Crippen molar-refractivity contribution in [3.63, 3.8) is 0 Å². The van der Waals surface area contributed by atoms with Gasteiger partial charge in [0.15, 0.2) is 11.5 Å². The van der Waals surface area contributed by atoms with Gasteiger partial charge in [-0.15, -0.1) is 0 Å². The zero-order chi connectivity index (χ0) is 23.4. The maximum atomic E-state index is 13.1. The van der Waals surface area contributed by atoms with Crippen molar-refractivity contribution >= 4 is 23.3 Å². The monoisotopic (exact) mass is 448 g/mol. The molecule has 1 amide bonds. The lowest BCUT2D eigenvalue weighted by molar-refractivity contribution is -0.384. The molecular formula is C24H20N2O7. The third kappa shape index (κ3) is 4.93. The molecule has 0 radical (unpaired) electrons. The minimum Gasteiger partial charge on any atom is -0.486 e. The zero-order valence-corrected chi connectivity index (χ0v) is 17.6. The molecule has 9 heteroatoms. The van der Waals surface area contributed by atoms with Crippen molar-refractivity contribution in [2.24, 2.45) is 0 Å². The van der Waals surface area contributed by atoms with E-state index < -0.39 is 22.9 Å². The minimum atomic E-state index is -1.34. The smallest absolute Gasteiger partial charge is 0.339 e. The second-order valence-electron chi connectivity index (χ2n) is 7.32. The summed E-state index contributed by atoms with van der Waals surface area (Å²) in [5, 5.41) is 13.9. The Balaban J connectivity index is 1.60. The van der Waals surface area contributed by atoms with Crippen LogP contribution in [0.4, 0.5) is 11.4 Å². The van der Waals surface area contributed by atoms with E-state index >= 15 is 0 Å². The standard InChI is InChI=1S/C24H20N2O7/c1-15-7-9-18(19(13-15)26(29)30)25-23(27)22(16-5-3-2-4-6-16)33-24(28)17-8-10-20-21(14-17)32-12-11-31-20/h2-10,13-14,22H,11-12H2,1H3,(H,25,27)/t22-/m1/s1. The van der Waals surface area contributed by atoms with Crippen molar-refractivity contribution in [3.8, 4) is 11.5 Å². The van der Waals surface area contributed by atoms with Crippen LogP contribution in [0.25, 0.3) is 0 Å². The molecule has 0 spiro atoms. The number of esters is 1. The number of ether oxygens (including phenoxy) is 3. The van der Waals surface area contributed by atoms with Crippen molar-refractivity contribution in [1.29, 1.82) is 0 Å². The van der Waals surface area contributed by atoms with Gasteiger partial charge in [-0.25, -0.2) is 4.79 Å². The first-order valence-electron chi connectivity index (χ1n) is 10.1. The Morgan fingerprint density at radius 1 is 1.00 bits per heavy atom. The van der Waals surface area contributed by atoms with E-state index in [1.165, 1.54) is 24.3 Å². The largest absolute Gasteiger partial charge is 0.486 e. The number of carbonyl (C=O) groups excluding carboxylic acids is 2. The normalized spacial score (nSPS) is 13.0. The number of hydrogen-bond donors (Lipinski definition) is 1. The lowest BCUT2D eigenvalue weighted by Crippen LogP contribution is -2.26. The van der Waals surface area contributed by atoms with Gasteiger partial charge in [-0.05, 0) is 36.8 Å². The Kier molecular flexibility index (Phi) is 6.21. The van der Waals surface area contributed by atoms with Gasteiger partial charge < -0.3 is 19.5 Å². The summed E-state index contributed by atoms with van der Waals surface area (Å²) in [5.41, 5.74) is 1.01. The predicted octanol–water partition coefficient (Wildman–Crippen LogP) is 4.21. The summed E-state index contributed by atoms with van der Waals surface area (Å²) in [6.07, 6.45) is -1.34. The van der Waals surface area contributed by atoms with Gasteiger partial charge in [0, 0.05) is 11.6 Å². The lowest BCUT2D eigenvalue weighted by atomic mass is 10.1. The quantitative estimate of drug-likeness (QED) is 0.341. The van der Waals surface area contributed by atoms with E-state index in [0.717, 1.165) is 0 Å². The van der Waals surface area contributed by atoms with Crippen LogP contribution in [0.15, 0.2) is 66.7 Å². The maximum Gasteiger partial charge on any atom is 0.339 e. The fourth-order valence-corrected chi connectivity index (χ4v) is 3.34. The Morgan fingerprint density at radius 2 is 1.73 bits per heavy atom. The van der Waals surface area contributed by atoms with Crippen LogP contribution in [0.5, 0.6) is 11.5 Å². The third-order valence-electron chi connectivity index (χ3n) is 4.95. The van der Waals surface area contributed by atoms with Crippen LogP contribution in [-0.2, 0) is 9.53 Å². The predicted molar refractivity (Wildman–Crippen MR) is 118 cm³/mol. The molecule has 3 aromatic carbocycles. The Morgan fingerprint density at radius 3 is 2.45 bits per heavy atom. The topological polar surface area (TPSA) is 117 Å². The van der Waals surface area contributed by atoms with Crippen molar-refractivity contribution in [3.05, 3.63) is 93.5 Å². The number of hydrogen-bond acceptors (Lipinski definition) is 7. The highest BCUT2D eigenvalue weighted by Crippen LogP contribution is 2.32. The average Bonchev–Trinajstić information content (AvgIpc) is 2.83. The van der Waals surface area contributed by atoms with Crippen LogP contribution in [0.2, 0.25) is 0 Å². The van der Waals surface area contributed by atoms with Crippen LogP contribution < -0.4 is 14.8 Å². The van der Waals surface area contributed by atoms with E-state index in [1.54, 1.807) is 49.4 Å². The first kappa shape index (κ1) is 21.8. The Labute approximate surface area is 189 Å². The molecule has 0 aliphatic carbocycles. The molecule has 0 fully saturated rings. The highest BCUT2D eigenvalue weighted by atomic mass is 16.6. The summed E-state index contributed by atoms with van der Waals surface area (Å²) in [6.45, 7) is 2.48. The van der Waals surface area contributed by atoms with E-state index in [0.29, 0.717) is 35.8 Å². The summed E-state index contributed by atoms with van der Waals surface area (Å²) in [7, 11) is 0. The maximum absolute atomic E-state index is 13.1. The van der Waals surface area contributed by atoms with Gasteiger partial charge >= 0.3 is 5.97 Å². The second-order valence-corrected chi connectivity index (χ2v) is 7.32. The second kappa shape index (κ2) is 9.39. The average molecular weight is 448 g/mol. The van der Waals surface area contributed by atoms with Crippen molar-refractivity contribution in [1.82, 2.24) is 0 Å². The molecule has 0 saturated heterocycles. The van der Waals surface area contributed by atoms with Gasteiger partial charge in [-0.3, -0.25) is 14.9 Å². The van der Waals surface area contributed by atoms with Gasteiger partial charge in [0.1, 0.15) is 18.9 Å². The van der Waals surface area contributed by atoms with Crippen LogP contribution in [0, 0.1) is 17.0 Å². The number of anilines is 1. The number of nitro groups is 1. The summed E-state index contributed by atoms with van der Waals surface area (Å²) < 4.78 is 16.5. The lowest BCUT2D eigenvalue weighted by Gasteiger charge is -2.20. The van der Waals surface area contributed by atoms with Crippen LogP contribution in [0.1, 0.15) is 27.6 Å². The van der Waals surface area contributed by atoms with Crippen LogP contribution >= 0.6 is 0 Å². The molecule has 0 bridgehead atoms. The number of aryl methyl sites for hydroxylation is 1. The van der Waals surface area contributed by atoms with Gasteiger partial charge in [0.2, 0.25) is 6.10 Å². The van der Waals surface area contributed by atoms with Crippen LogP contribution in [0.3, 0.4) is 0 Å². The van der Waals surface area contributed by atoms with E-state index in [1.807, 2.05) is 0 Å². The van der Waals surface area contributed by atoms with Crippen molar-refractivity contribution in [2.45, 2.75) is 13.0 Å². The molecule has 3 aromatic rings. The molecule has 9 nitrogen and oxygen atoms in total. The number of carbonyl (C=O) groups is 2. The number of amides is 1. The number of fused-ring (bicyclic) bond motifs is 1. The molecule has 1 heterocycles. The minimum absolute atomic E-state index is 0.00640. The molecule has 1 atom stereocenters. The number of nitrogens with one attached hydrogen (secondary N) is 1. The highest BCUT2D eigenvalue weighted by molar-refractivity contribution is 5.99. The molecule has 1 N–H and O–H groups in total. The molecule has 168 valence electrons. The van der Waals surface area contributed by atoms with E-state index in [4.69, 9.17) is 14.2 Å². The highest BCUT2D eigenvalue weighted by Gasteiger charge is 2.28. The van der Waals surface area contributed by atoms with Gasteiger partial charge in [-0.2, -0.15) is 0 Å². The molecular weight excluding hydrogens is 428 g/mol. The molecule has 0 saturated carbocycles. The molecule has 0 aromatic heterocycles. The molecule has 4 rings (SSSR count). The molecule has 0 unspecified atom stereocenters. The molecule has 1 aliphatic rings.